The maximum Gasteiger partial charge on any atom is 0.302 e. The summed E-state index contributed by atoms with van der Waals surface area (Å²) in [5.74, 6) is 1.10. The highest BCUT2D eigenvalue weighted by Gasteiger charge is 2.60. The Kier molecular flexibility index (Phi) is 5.38. The molecule has 2 fully saturated rings. The third-order valence-electron chi connectivity index (χ3n) is 10.1. The van der Waals surface area contributed by atoms with Gasteiger partial charge in [0.25, 0.3) is 0 Å². The van der Waals surface area contributed by atoms with Gasteiger partial charge in [-0.15, -0.1) is 0 Å². The number of esters is 2. The molecule has 0 radical (unpaired) electrons. The molecular formula is C26H40O4. The second-order valence-corrected chi connectivity index (χ2v) is 11.4. The van der Waals surface area contributed by atoms with Gasteiger partial charge < -0.3 is 9.47 Å². The Morgan fingerprint density at radius 3 is 2.37 bits per heavy atom. The van der Waals surface area contributed by atoms with Gasteiger partial charge in [-0.1, -0.05) is 31.9 Å². The zero-order valence-electron chi connectivity index (χ0n) is 19.8. The summed E-state index contributed by atoms with van der Waals surface area (Å²) in [5.41, 5.74) is 3.88. The number of carbonyl (C=O) groups excluding carboxylic acids is 2. The average Bonchev–Trinajstić information content (AvgIpc) is 3.00. The molecule has 0 aromatic rings. The normalized spacial score (nSPS) is 43.9. The summed E-state index contributed by atoms with van der Waals surface area (Å²) >= 11 is 0. The molecule has 4 nitrogen and oxygen atoms in total. The number of carbonyl (C=O) groups is 2. The fourth-order valence-corrected chi connectivity index (χ4v) is 8.06. The molecule has 168 valence electrons. The van der Waals surface area contributed by atoms with Crippen LogP contribution in [0.3, 0.4) is 0 Å². The molecule has 0 heterocycles. The number of allylic oxidation sites excluding steroid dienone is 1. The van der Waals surface area contributed by atoms with Gasteiger partial charge in [-0.05, 0) is 87.4 Å². The zero-order valence-corrected chi connectivity index (χ0v) is 19.8. The predicted octanol–water partition coefficient (Wildman–Crippen LogP) is 5.98. The fraction of sp³-hybridized carbons (Fsp3) is 0.846. The van der Waals surface area contributed by atoms with Crippen LogP contribution in [0.2, 0.25) is 0 Å². The van der Waals surface area contributed by atoms with Crippen LogP contribution < -0.4 is 0 Å². The van der Waals surface area contributed by atoms with Crippen LogP contribution in [0, 0.1) is 28.1 Å². The summed E-state index contributed by atoms with van der Waals surface area (Å²) in [6.07, 6.45) is 10.4. The largest absolute Gasteiger partial charge is 0.463 e. The van der Waals surface area contributed by atoms with Crippen LogP contribution in [-0.2, 0) is 19.1 Å². The predicted molar refractivity (Wildman–Crippen MR) is 117 cm³/mol. The molecule has 4 aliphatic rings. The summed E-state index contributed by atoms with van der Waals surface area (Å²) in [6, 6.07) is 0. The highest BCUT2D eigenvalue weighted by molar-refractivity contribution is 5.66. The van der Waals surface area contributed by atoms with Gasteiger partial charge in [-0.3, -0.25) is 9.59 Å². The van der Waals surface area contributed by atoms with Crippen molar-refractivity contribution in [2.45, 2.75) is 112 Å². The average molecular weight is 417 g/mol. The smallest absolute Gasteiger partial charge is 0.302 e. The Labute approximate surface area is 182 Å². The minimum absolute atomic E-state index is 0.000611. The number of ether oxygens (including phenoxy) is 2. The van der Waals surface area contributed by atoms with E-state index in [1.807, 2.05) is 0 Å². The number of rotatable bonds is 3. The van der Waals surface area contributed by atoms with Crippen LogP contribution in [0.25, 0.3) is 0 Å². The molecule has 4 heteroatoms. The van der Waals surface area contributed by atoms with E-state index in [2.05, 4.69) is 27.7 Å². The Morgan fingerprint density at radius 2 is 1.70 bits per heavy atom. The molecule has 4 aliphatic carbocycles. The Morgan fingerprint density at radius 1 is 0.967 bits per heavy atom. The van der Waals surface area contributed by atoms with Crippen molar-refractivity contribution < 1.29 is 19.1 Å². The van der Waals surface area contributed by atoms with Crippen LogP contribution in [0.4, 0.5) is 0 Å². The second-order valence-electron chi connectivity index (χ2n) is 11.4. The van der Waals surface area contributed by atoms with Crippen LogP contribution in [-0.4, -0.2) is 24.1 Å². The third-order valence-corrected chi connectivity index (χ3v) is 10.1. The van der Waals surface area contributed by atoms with Crippen LogP contribution in [0.5, 0.6) is 0 Å². The summed E-state index contributed by atoms with van der Waals surface area (Å²) < 4.78 is 11.3. The van der Waals surface area contributed by atoms with Crippen molar-refractivity contribution in [3.8, 4) is 0 Å². The molecule has 0 bridgehead atoms. The molecular weight excluding hydrogens is 376 g/mol. The van der Waals surface area contributed by atoms with Crippen molar-refractivity contribution in [3.63, 3.8) is 0 Å². The SMILES string of the molecule is CC(=O)O[C@@H]1CC[C@@]2(C)[C@@H]3CCC4=C(CC[C@@]4(C)[C@@H](C)OC(C)=O)[C@H]3CC[C@]2(C)C1. The summed E-state index contributed by atoms with van der Waals surface area (Å²) in [5, 5.41) is 0. The van der Waals surface area contributed by atoms with E-state index in [1.165, 1.54) is 39.5 Å². The summed E-state index contributed by atoms with van der Waals surface area (Å²) in [6.45, 7) is 12.5. The number of hydrogen-bond acceptors (Lipinski definition) is 4. The lowest BCUT2D eigenvalue weighted by Crippen LogP contribution is -2.55. The molecule has 2 saturated carbocycles. The highest BCUT2D eigenvalue weighted by atomic mass is 16.5. The van der Waals surface area contributed by atoms with Crippen LogP contribution in [0.15, 0.2) is 11.1 Å². The molecule has 0 aromatic heterocycles. The van der Waals surface area contributed by atoms with E-state index in [0.29, 0.717) is 11.3 Å². The van der Waals surface area contributed by atoms with Gasteiger partial charge in [-0.2, -0.15) is 0 Å². The molecule has 7 atom stereocenters. The Bertz CT molecular complexity index is 769. The van der Waals surface area contributed by atoms with E-state index < -0.39 is 0 Å². The zero-order chi connectivity index (χ0) is 21.9. The van der Waals surface area contributed by atoms with Gasteiger partial charge in [0, 0.05) is 19.3 Å². The van der Waals surface area contributed by atoms with E-state index in [-0.39, 0.29) is 35.0 Å². The van der Waals surface area contributed by atoms with Gasteiger partial charge in [0.15, 0.2) is 0 Å². The molecule has 0 unspecified atom stereocenters. The molecule has 0 spiro atoms. The van der Waals surface area contributed by atoms with Gasteiger partial charge in [-0.25, -0.2) is 0 Å². The maximum atomic E-state index is 11.6. The third kappa shape index (κ3) is 3.24. The molecule has 0 aliphatic heterocycles. The first kappa shape index (κ1) is 21.9. The lowest BCUT2D eigenvalue weighted by molar-refractivity contribution is -0.166. The van der Waals surface area contributed by atoms with Gasteiger partial charge in [0.2, 0.25) is 0 Å². The lowest BCUT2D eigenvalue weighted by atomic mass is 9.43. The number of hydrogen-bond donors (Lipinski definition) is 0. The van der Waals surface area contributed by atoms with E-state index in [0.717, 1.165) is 38.0 Å². The highest BCUT2D eigenvalue weighted by Crippen LogP contribution is 2.68. The van der Waals surface area contributed by atoms with Crippen LogP contribution in [0.1, 0.15) is 99.3 Å². The van der Waals surface area contributed by atoms with Crippen molar-refractivity contribution in [2.75, 3.05) is 0 Å². The van der Waals surface area contributed by atoms with Crippen molar-refractivity contribution >= 4 is 11.9 Å². The Balaban J connectivity index is 1.59. The summed E-state index contributed by atoms with van der Waals surface area (Å²) in [4.78, 5) is 23.1. The van der Waals surface area contributed by atoms with E-state index in [4.69, 9.17) is 9.47 Å². The molecule has 0 N–H and O–H groups in total. The minimum Gasteiger partial charge on any atom is -0.463 e. The van der Waals surface area contributed by atoms with E-state index in [9.17, 15) is 9.59 Å². The topological polar surface area (TPSA) is 52.6 Å². The second kappa shape index (κ2) is 7.38. The minimum atomic E-state index is -0.169. The molecule has 0 saturated heterocycles. The molecule has 4 rings (SSSR count). The molecule has 0 aromatic carbocycles. The van der Waals surface area contributed by atoms with E-state index >= 15 is 0 Å². The fourth-order valence-electron chi connectivity index (χ4n) is 8.06. The van der Waals surface area contributed by atoms with Crippen molar-refractivity contribution in [1.82, 2.24) is 0 Å². The van der Waals surface area contributed by atoms with E-state index in [1.54, 1.807) is 11.1 Å². The van der Waals surface area contributed by atoms with Gasteiger partial charge >= 0.3 is 11.9 Å². The van der Waals surface area contributed by atoms with Crippen molar-refractivity contribution in [3.05, 3.63) is 11.1 Å². The van der Waals surface area contributed by atoms with Crippen molar-refractivity contribution in [2.24, 2.45) is 28.1 Å². The lowest BCUT2D eigenvalue weighted by Gasteiger charge is -2.62. The van der Waals surface area contributed by atoms with Crippen molar-refractivity contribution in [1.29, 1.82) is 0 Å². The molecule has 30 heavy (non-hydrogen) atoms. The Hall–Kier alpha value is -1.32. The first-order valence-corrected chi connectivity index (χ1v) is 12.1. The quantitative estimate of drug-likeness (QED) is 0.419. The summed E-state index contributed by atoms with van der Waals surface area (Å²) in [7, 11) is 0. The first-order chi connectivity index (χ1) is 14.0. The van der Waals surface area contributed by atoms with Gasteiger partial charge in [0.1, 0.15) is 12.2 Å². The standard InChI is InChI=1S/C26H40O4/c1-16(29-17(2)27)25(5)13-11-20-21-10-12-24(4)15-19(30-18(3)28)9-14-26(24,6)23(21)8-7-22(20)25/h16,19,21,23H,7-15H2,1-6H3/t16-,19-,21-,23-,24-,25+,26+/m1/s1. The monoisotopic (exact) mass is 416 g/mol. The molecule has 0 amide bonds. The van der Waals surface area contributed by atoms with Crippen LogP contribution >= 0.6 is 0 Å². The first-order valence-electron chi connectivity index (χ1n) is 12.1. The van der Waals surface area contributed by atoms with Gasteiger partial charge in [0.05, 0.1) is 0 Å². The number of fused-ring (bicyclic) bond motifs is 4. The maximum absolute atomic E-state index is 11.6.